The van der Waals surface area contributed by atoms with E-state index in [9.17, 15) is 0 Å². The number of anilines is 3. The maximum absolute atomic E-state index is 2.67. The lowest BCUT2D eigenvalue weighted by Gasteiger charge is -2.33. The zero-order valence-electron chi connectivity index (χ0n) is 39.4. The normalized spacial score (nSPS) is 14.6. The second kappa shape index (κ2) is 16.0. The fourth-order valence-corrected chi connectivity index (χ4v) is 11.0. The molecule has 0 aromatic heterocycles. The molecule has 7 aromatic carbocycles. The zero-order valence-corrected chi connectivity index (χ0v) is 39.4. The molecule has 318 valence electrons. The summed E-state index contributed by atoms with van der Waals surface area (Å²) in [4.78, 5) is 2.31. The van der Waals surface area contributed by atoms with Gasteiger partial charge in [0.2, 0.25) is 0 Å². The molecule has 0 atom stereocenters. The van der Waals surface area contributed by atoms with Crippen molar-refractivity contribution in [2.24, 2.45) is 0 Å². The monoisotopic (exact) mass is 824 g/mol. The van der Waals surface area contributed by atoms with Gasteiger partial charge in [-0.15, -0.1) is 0 Å². The fourth-order valence-electron chi connectivity index (χ4n) is 11.0. The van der Waals surface area contributed by atoms with Gasteiger partial charge in [0.25, 0.3) is 0 Å². The molecule has 9 rings (SSSR count). The van der Waals surface area contributed by atoms with E-state index in [0.717, 1.165) is 42.7 Å². The highest BCUT2D eigenvalue weighted by Gasteiger charge is 2.46. The van der Waals surface area contributed by atoms with E-state index in [1.165, 1.54) is 77.9 Å². The summed E-state index contributed by atoms with van der Waals surface area (Å²) in [5.74, 6) is 0. The number of hydrogen-bond donors (Lipinski definition) is 0. The van der Waals surface area contributed by atoms with Crippen molar-refractivity contribution in [2.75, 3.05) is 4.90 Å². The van der Waals surface area contributed by atoms with E-state index in [-0.39, 0.29) is 21.7 Å². The van der Waals surface area contributed by atoms with Crippen LogP contribution in [-0.4, -0.2) is 0 Å². The predicted octanol–water partition coefficient (Wildman–Crippen LogP) is 17.8. The van der Waals surface area contributed by atoms with Crippen LogP contribution in [0.5, 0.6) is 0 Å². The first-order valence-corrected chi connectivity index (χ1v) is 23.6. The number of nitrogens with zero attached hydrogens (tertiary/aromatic N) is 1. The number of fused-ring (bicyclic) bond motifs is 6. The lowest BCUT2D eigenvalue weighted by molar-refractivity contribution is 0.476. The lowest BCUT2D eigenvalue weighted by atomic mass is 9.70. The van der Waals surface area contributed by atoms with Gasteiger partial charge in [0.1, 0.15) is 0 Å². The van der Waals surface area contributed by atoms with E-state index in [0.29, 0.717) is 0 Å². The first-order valence-electron chi connectivity index (χ1n) is 23.6. The Balaban J connectivity index is 1.08. The molecule has 0 radical (unpaired) electrons. The van der Waals surface area contributed by atoms with E-state index < -0.39 is 0 Å². The van der Waals surface area contributed by atoms with Gasteiger partial charge in [-0.2, -0.15) is 0 Å². The van der Waals surface area contributed by atoms with Crippen LogP contribution in [0.3, 0.4) is 0 Å². The minimum atomic E-state index is -0.0343. The third-order valence-corrected chi connectivity index (χ3v) is 14.9. The fraction of sp³-hybridized carbons (Fsp3) is 0.290. The Morgan fingerprint density at radius 3 is 1.30 bits per heavy atom. The predicted molar refractivity (Wildman–Crippen MR) is 273 cm³/mol. The molecule has 0 fully saturated rings. The van der Waals surface area contributed by atoms with Crippen LogP contribution in [0.1, 0.15) is 139 Å². The van der Waals surface area contributed by atoms with Gasteiger partial charge in [-0.25, -0.2) is 0 Å². The van der Waals surface area contributed by atoms with Gasteiger partial charge in [-0.1, -0.05) is 185 Å². The Morgan fingerprint density at radius 1 is 0.381 bits per heavy atom. The smallest absolute Gasteiger partial charge is 0.0462 e. The number of para-hydroxylation sites is 2. The molecule has 0 aliphatic heterocycles. The van der Waals surface area contributed by atoms with Crippen LogP contribution in [0.4, 0.5) is 17.1 Å². The topological polar surface area (TPSA) is 3.24 Å². The van der Waals surface area contributed by atoms with Gasteiger partial charge in [0.05, 0.1) is 0 Å². The highest BCUT2D eigenvalue weighted by molar-refractivity contribution is 5.92. The standard InChI is InChI=1S/C62H65N/c1-11-61(12-2)55-35-43(26-25-42-27-31-50(32-28-42)63(48-21-17-15-18-22-48)49-23-19-16-20-24-49)29-33-51(55)53-40-54-52-34-30-44(38-56(52)62(13-3,14-4)58(54)41-57(53)61)45-36-46(59(5,6)7)39-47(37-45)60(8,9)10/h15-41H,11-14H2,1-10H3/b26-25+. The van der Waals surface area contributed by atoms with E-state index in [4.69, 9.17) is 0 Å². The zero-order chi connectivity index (χ0) is 44.3. The maximum atomic E-state index is 2.67. The van der Waals surface area contributed by atoms with Crippen molar-refractivity contribution in [2.45, 2.75) is 117 Å². The quantitative estimate of drug-likeness (QED) is 0.124. The van der Waals surface area contributed by atoms with Crippen molar-refractivity contribution in [1.29, 1.82) is 0 Å². The molecular formula is C62H65N. The summed E-state index contributed by atoms with van der Waals surface area (Å²) < 4.78 is 0. The van der Waals surface area contributed by atoms with Gasteiger partial charge in [-0.3, -0.25) is 0 Å². The molecule has 2 aliphatic carbocycles. The van der Waals surface area contributed by atoms with E-state index in [2.05, 4.69) is 238 Å². The first-order chi connectivity index (χ1) is 30.2. The molecule has 0 N–H and O–H groups in total. The second-order valence-corrected chi connectivity index (χ2v) is 20.3. The Hall–Kier alpha value is -5.92. The number of hydrogen-bond acceptors (Lipinski definition) is 1. The van der Waals surface area contributed by atoms with Crippen molar-refractivity contribution in [3.05, 3.63) is 196 Å². The van der Waals surface area contributed by atoms with Crippen LogP contribution in [0.15, 0.2) is 152 Å². The Bertz CT molecular complexity index is 2740. The summed E-state index contributed by atoms with van der Waals surface area (Å²) in [6.07, 6.45) is 8.85. The summed E-state index contributed by atoms with van der Waals surface area (Å²) in [6.45, 7) is 23.7. The highest BCUT2D eigenvalue weighted by Crippen LogP contribution is 2.60. The molecule has 1 nitrogen and oxygen atoms in total. The van der Waals surface area contributed by atoms with Gasteiger partial charge >= 0.3 is 0 Å². The second-order valence-electron chi connectivity index (χ2n) is 20.3. The van der Waals surface area contributed by atoms with Crippen molar-refractivity contribution in [3.8, 4) is 33.4 Å². The summed E-state index contributed by atoms with van der Waals surface area (Å²) in [5.41, 5.74) is 23.1. The highest BCUT2D eigenvalue weighted by atomic mass is 15.1. The largest absolute Gasteiger partial charge is 0.311 e. The molecule has 0 heterocycles. The van der Waals surface area contributed by atoms with Gasteiger partial charge in [0, 0.05) is 27.9 Å². The molecule has 0 unspecified atom stereocenters. The molecule has 7 aromatic rings. The van der Waals surface area contributed by atoms with E-state index in [1.807, 2.05) is 0 Å². The Kier molecular flexibility index (Phi) is 10.8. The summed E-state index contributed by atoms with van der Waals surface area (Å²) in [7, 11) is 0. The molecule has 0 amide bonds. The van der Waals surface area contributed by atoms with Crippen LogP contribution < -0.4 is 4.90 Å². The molecule has 1 heteroatoms. The van der Waals surface area contributed by atoms with Crippen LogP contribution in [-0.2, 0) is 21.7 Å². The summed E-state index contributed by atoms with van der Waals surface area (Å²) >= 11 is 0. The first kappa shape index (κ1) is 42.4. The number of benzene rings is 7. The van der Waals surface area contributed by atoms with Crippen LogP contribution >= 0.6 is 0 Å². The van der Waals surface area contributed by atoms with E-state index in [1.54, 1.807) is 0 Å². The average molecular weight is 824 g/mol. The minimum Gasteiger partial charge on any atom is -0.311 e. The van der Waals surface area contributed by atoms with E-state index >= 15 is 0 Å². The van der Waals surface area contributed by atoms with Crippen molar-refractivity contribution in [3.63, 3.8) is 0 Å². The number of rotatable bonds is 10. The molecule has 2 aliphatic rings. The molecule has 0 spiro atoms. The third kappa shape index (κ3) is 7.19. The summed E-state index contributed by atoms with van der Waals surface area (Å²) in [5, 5.41) is 0. The average Bonchev–Trinajstić information content (AvgIpc) is 3.73. The molecule has 0 bridgehead atoms. The summed E-state index contributed by atoms with van der Waals surface area (Å²) in [6, 6.07) is 57.4. The van der Waals surface area contributed by atoms with Crippen LogP contribution in [0.2, 0.25) is 0 Å². The third-order valence-electron chi connectivity index (χ3n) is 14.9. The van der Waals surface area contributed by atoms with Gasteiger partial charge in [-0.05, 0) is 163 Å². The SMILES string of the molecule is CCC1(CC)c2cc(/C=C/c3ccc(N(c4ccccc4)c4ccccc4)cc3)ccc2-c2cc3c(cc21)C(CC)(CC)c1cc(-c2cc(C(C)(C)C)cc(C(C)(C)C)c2)ccc1-3. The molecule has 63 heavy (non-hydrogen) atoms. The Morgan fingerprint density at radius 2 is 0.810 bits per heavy atom. The Labute approximate surface area is 378 Å². The lowest BCUT2D eigenvalue weighted by Crippen LogP contribution is -2.26. The van der Waals surface area contributed by atoms with Crippen molar-refractivity contribution >= 4 is 29.2 Å². The van der Waals surface area contributed by atoms with Crippen LogP contribution in [0.25, 0.3) is 45.5 Å². The van der Waals surface area contributed by atoms with Crippen molar-refractivity contribution < 1.29 is 0 Å². The minimum absolute atomic E-state index is 0.0329. The molecule has 0 saturated heterocycles. The van der Waals surface area contributed by atoms with Crippen molar-refractivity contribution in [1.82, 2.24) is 0 Å². The van der Waals surface area contributed by atoms with Gasteiger partial charge < -0.3 is 4.90 Å². The molecular weight excluding hydrogens is 759 g/mol. The molecule has 0 saturated carbocycles. The maximum Gasteiger partial charge on any atom is 0.0462 e. The van der Waals surface area contributed by atoms with Crippen LogP contribution in [0, 0.1) is 0 Å². The van der Waals surface area contributed by atoms with Gasteiger partial charge in [0.15, 0.2) is 0 Å².